The van der Waals surface area contributed by atoms with E-state index in [1.807, 2.05) is 0 Å². The molecule has 1 aromatic carbocycles. The summed E-state index contributed by atoms with van der Waals surface area (Å²) in [6.07, 6.45) is 2.86. The fourth-order valence-corrected chi connectivity index (χ4v) is 3.90. The Morgan fingerprint density at radius 2 is 1.65 bits per heavy atom. The van der Waals surface area contributed by atoms with E-state index in [2.05, 4.69) is 73.7 Å². The van der Waals surface area contributed by atoms with Gasteiger partial charge in [0.25, 0.3) is 0 Å². The molecular weight excluding hydrogens is 488 g/mol. The van der Waals surface area contributed by atoms with Gasteiger partial charge in [-0.2, -0.15) is 9.98 Å². The summed E-state index contributed by atoms with van der Waals surface area (Å²) >= 11 is 13.3. The van der Waals surface area contributed by atoms with Crippen LogP contribution in [-0.2, 0) is 11.7 Å². The van der Waals surface area contributed by atoms with E-state index in [9.17, 15) is 9.59 Å². The van der Waals surface area contributed by atoms with Crippen LogP contribution < -0.4 is 0 Å². The number of nitrogens with zero attached hydrogens (tertiary/aromatic N) is 2. The van der Waals surface area contributed by atoms with Gasteiger partial charge < -0.3 is 0 Å². The molecule has 0 amide bonds. The van der Waals surface area contributed by atoms with Crippen molar-refractivity contribution in [3.63, 3.8) is 0 Å². The summed E-state index contributed by atoms with van der Waals surface area (Å²) < 4.78 is -0.154. The van der Waals surface area contributed by atoms with Gasteiger partial charge in [-0.25, -0.2) is 9.59 Å². The number of hydrogen-bond acceptors (Lipinski definition) is 4. The van der Waals surface area contributed by atoms with E-state index in [-0.39, 0.29) is 0 Å². The fraction of sp³-hybridized carbons (Fsp3) is 0.111. The van der Waals surface area contributed by atoms with E-state index >= 15 is 0 Å². The lowest BCUT2D eigenvalue weighted by Gasteiger charge is -2.17. The molecule has 0 aliphatic heterocycles. The number of carbonyl (C=O) groups excluding carboxylic acids is 2. The maximum atomic E-state index is 10.4. The van der Waals surface area contributed by atoms with Gasteiger partial charge in [0.05, 0.1) is 11.4 Å². The number of halogens is 4. The zero-order valence-electron chi connectivity index (χ0n) is 7.88. The van der Waals surface area contributed by atoms with Crippen LogP contribution in [0, 0.1) is 0 Å². The summed E-state index contributed by atoms with van der Waals surface area (Å²) in [7, 11) is 0. The third kappa shape index (κ3) is 3.95. The average molecular weight is 490 g/mol. The molecule has 0 aromatic heterocycles. The van der Waals surface area contributed by atoms with Gasteiger partial charge in [0.2, 0.25) is 12.2 Å². The molecule has 0 saturated heterocycles. The first-order valence-electron chi connectivity index (χ1n) is 3.96. The molecule has 0 atom stereocenters. The molecule has 0 saturated carbocycles. The van der Waals surface area contributed by atoms with Crippen LogP contribution in [0.5, 0.6) is 0 Å². The molecule has 17 heavy (non-hydrogen) atoms. The largest absolute Gasteiger partial charge is 0.240 e. The minimum absolute atomic E-state index is 0.314. The predicted molar refractivity (Wildman–Crippen MR) is 78.2 cm³/mol. The van der Waals surface area contributed by atoms with Gasteiger partial charge in [-0.05, 0) is 12.1 Å². The SMILES string of the molecule is O=C=Nc1cc(Br)c(C(Br)(Br)Br)c(N=C=O)c1. The minimum Gasteiger partial charge on any atom is -0.211 e. The van der Waals surface area contributed by atoms with Crippen molar-refractivity contribution in [3.05, 3.63) is 22.2 Å². The van der Waals surface area contributed by atoms with Crippen molar-refractivity contribution in [2.75, 3.05) is 0 Å². The van der Waals surface area contributed by atoms with Gasteiger partial charge >= 0.3 is 0 Å². The van der Waals surface area contributed by atoms with E-state index in [1.54, 1.807) is 6.07 Å². The zero-order chi connectivity index (χ0) is 13.1. The highest BCUT2D eigenvalue weighted by molar-refractivity contribution is 9.38. The van der Waals surface area contributed by atoms with Crippen LogP contribution in [0.3, 0.4) is 0 Å². The summed E-state index contributed by atoms with van der Waals surface area (Å²) in [6, 6.07) is 3.07. The minimum atomic E-state index is -0.759. The zero-order valence-corrected chi connectivity index (χ0v) is 14.2. The third-order valence-electron chi connectivity index (χ3n) is 1.68. The summed E-state index contributed by atoms with van der Waals surface area (Å²) in [5.41, 5.74) is 1.26. The second-order valence-corrected chi connectivity index (χ2v) is 10.3. The van der Waals surface area contributed by atoms with Gasteiger partial charge in [0.1, 0.15) is 0 Å². The lowest BCUT2D eigenvalue weighted by atomic mass is 10.2. The summed E-state index contributed by atoms with van der Waals surface area (Å²) in [5, 5.41) is 0. The summed E-state index contributed by atoms with van der Waals surface area (Å²) in [5.74, 6) is 0. The molecule has 0 aliphatic rings. The van der Waals surface area contributed by atoms with Crippen LogP contribution in [0.2, 0.25) is 0 Å². The smallest absolute Gasteiger partial charge is 0.211 e. The first-order chi connectivity index (χ1) is 7.90. The Bertz CT molecular complexity index is 541. The quantitative estimate of drug-likeness (QED) is 0.344. The molecule has 0 bridgehead atoms. The molecule has 0 radical (unpaired) electrons. The van der Waals surface area contributed by atoms with E-state index in [0.717, 1.165) is 0 Å². The Morgan fingerprint density at radius 1 is 1.06 bits per heavy atom. The molecule has 88 valence electrons. The molecule has 0 aliphatic carbocycles. The van der Waals surface area contributed by atoms with Crippen LogP contribution >= 0.6 is 63.7 Å². The van der Waals surface area contributed by atoms with Crippen molar-refractivity contribution in [2.24, 2.45) is 9.98 Å². The van der Waals surface area contributed by atoms with E-state index in [1.165, 1.54) is 18.2 Å². The molecule has 0 N–H and O–H groups in total. The molecule has 0 unspecified atom stereocenters. The first-order valence-corrected chi connectivity index (χ1v) is 7.14. The lowest BCUT2D eigenvalue weighted by molar-refractivity contribution is 0.565. The highest BCUT2D eigenvalue weighted by Crippen LogP contribution is 2.51. The Balaban J connectivity index is 3.60. The van der Waals surface area contributed by atoms with E-state index in [0.29, 0.717) is 21.4 Å². The van der Waals surface area contributed by atoms with Crippen molar-refractivity contribution in [2.45, 2.75) is 2.14 Å². The van der Waals surface area contributed by atoms with Gasteiger partial charge in [0, 0.05) is 10.0 Å². The number of hydrogen-bond donors (Lipinski definition) is 0. The number of rotatable bonds is 2. The summed E-state index contributed by atoms with van der Waals surface area (Å²) in [6.45, 7) is 0. The summed E-state index contributed by atoms with van der Waals surface area (Å²) in [4.78, 5) is 27.6. The molecule has 4 nitrogen and oxygen atoms in total. The Kier molecular flexibility index (Phi) is 5.44. The van der Waals surface area contributed by atoms with Gasteiger partial charge in [0.15, 0.2) is 2.14 Å². The Hall–Kier alpha value is -0.100. The number of isocyanates is 2. The number of benzene rings is 1. The fourth-order valence-electron chi connectivity index (χ4n) is 1.11. The van der Waals surface area contributed by atoms with E-state index in [4.69, 9.17) is 0 Å². The third-order valence-corrected chi connectivity index (χ3v) is 3.49. The molecule has 0 fully saturated rings. The lowest BCUT2D eigenvalue weighted by Crippen LogP contribution is -1.99. The Morgan fingerprint density at radius 3 is 2.12 bits per heavy atom. The molecule has 1 rings (SSSR count). The highest BCUT2D eigenvalue weighted by atomic mass is 80.0. The van der Waals surface area contributed by atoms with E-state index < -0.39 is 2.14 Å². The maximum Gasteiger partial charge on any atom is 0.240 e. The van der Waals surface area contributed by atoms with Crippen LogP contribution in [0.4, 0.5) is 11.4 Å². The second-order valence-electron chi connectivity index (χ2n) is 2.73. The first kappa shape index (κ1) is 15.0. The highest BCUT2D eigenvalue weighted by Gasteiger charge is 2.28. The van der Waals surface area contributed by atoms with Gasteiger partial charge in [-0.15, -0.1) is 0 Å². The molecule has 0 spiro atoms. The molecule has 0 heterocycles. The molecular formula is C9H2Br4N2O2. The van der Waals surface area contributed by atoms with Crippen molar-refractivity contribution >= 4 is 87.3 Å². The van der Waals surface area contributed by atoms with Gasteiger partial charge in [-0.3, -0.25) is 0 Å². The molecule has 1 aromatic rings. The topological polar surface area (TPSA) is 58.9 Å². The number of alkyl halides is 3. The standard InChI is InChI=1S/C9H2Br4N2O2/c10-6-1-5(14-3-16)2-7(15-4-17)8(6)9(11,12)13/h1-2H. The normalized spacial score (nSPS) is 10.4. The van der Waals surface area contributed by atoms with Crippen molar-refractivity contribution in [1.82, 2.24) is 0 Å². The van der Waals surface area contributed by atoms with Crippen molar-refractivity contribution in [1.29, 1.82) is 0 Å². The van der Waals surface area contributed by atoms with Crippen molar-refractivity contribution < 1.29 is 9.59 Å². The van der Waals surface area contributed by atoms with Crippen LogP contribution in [0.15, 0.2) is 26.6 Å². The molecule has 8 heteroatoms. The van der Waals surface area contributed by atoms with Crippen LogP contribution in [0.25, 0.3) is 0 Å². The maximum absolute atomic E-state index is 10.4. The average Bonchev–Trinajstić information content (AvgIpc) is 2.15. The number of aliphatic imine (C=N–C) groups is 2. The van der Waals surface area contributed by atoms with Crippen LogP contribution in [-0.4, -0.2) is 12.2 Å². The Labute approximate surface area is 130 Å². The van der Waals surface area contributed by atoms with Crippen molar-refractivity contribution in [3.8, 4) is 0 Å². The second kappa shape index (κ2) is 6.18. The van der Waals surface area contributed by atoms with Gasteiger partial charge in [-0.1, -0.05) is 63.7 Å². The monoisotopic (exact) mass is 486 g/mol. The van der Waals surface area contributed by atoms with Crippen LogP contribution in [0.1, 0.15) is 5.56 Å². The predicted octanol–water partition coefficient (Wildman–Crippen LogP) is 4.68.